The van der Waals surface area contributed by atoms with Gasteiger partial charge in [-0.15, -0.1) is 11.8 Å². The summed E-state index contributed by atoms with van der Waals surface area (Å²) >= 11 is 20.0. The molecule has 0 fully saturated rings. The van der Waals surface area contributed by atoms with Crippen LogP contribution in [0.15, 0.2) is 41.3 Å². The first-order chi connectivity index (χ1) is 9.11. The molecule has 100 valence electrons. The van der Waals surface area contributed by atoms with Gasteiger partial charge in [-0.05, 0) is 42.7 Å². The van der Waals surface area contributed by atoms with Gasteiger partial charge in [0.2, 0.25) is 0 Å². The van der Waals surface area contributed by atoms with Crippen LogP contribution >= 0.6 is 46.6 Å². The van der Waals surface area contributed by atoms with Crippen molar-refractivity contribution in [3.63, 3.8) is 0 Å². The van der Waals surface area contributed by atoms with Crippen molar-refractivity contribution in [1.82, 2.24) is 0 Å². The quantitative estimate of drug-likeness (QED) is 0.546. The number of halogens is 3. The van der Waals surface area contributed by atoms with Crippen LogP contribution in [0.3, 0.4) is 0 Å². The Morgan fingerprint density at radius 3 is 2.21 bits per heavy atom. The molecule has 0 unspecified atom stereocenters. The molecule has 0 aliphatic rings. The molecule has 1 N–H and O–H groups in total. The summed E-state index contributed by atoms with van der Waals surface area (Å²) in [6.45, 7) is 0.539. The topological polar surface area (TPSA) is 12.0 Å². The van der Waals surface area contributed by atoms with Gasteiger partial charge in [0.25, 0.3) is 0 Å². The van der Waals surface area contributed by atoms with Crippen LogP contribution in [0, 0.1) is 0 Å². The first-order valence-corrected chi connectivity index (χ1v) is 7.98. The highest BCUT2D eigenvalue weighted by molar-refractivity contribution is 7.98. The molecule has 0 saturated carbocycles. The highest BCUT2D eigenvalue weighted by atomic mass is 35.5. The lowest BCUT2D eigenvalue weighted by Crippen LogP contribution is -2.01. The van der Waals surface area contributed by atoms with Crippen LogP contribution in [0.1, 0.15) is 5.56 Å². The monoisotopic (exact) mass is 331 g/mol. The minimum atomic E-state index is 0.502. The first-order valence-electron chi connectivity index (χ1n) is 5.62. The summed E-state index contributed by atoms with van der Waals surface area (Å²) in [7, 11) is 0. The lowest BCUT2D eigenvalue weighted by atomic mass is 10.2. The highest BCUT2D eigenvalue weighted by Crippen LogP contribution is 2.32. The van der Waals surface area contributed by atoms with E-state index in [1.165, 1.54) is 4.90 Å². The Hall–Kier alpha value is -0.540. The van der Waals surface area contributed by atoms with E-state index in [0.29, 0.717) is 21.6 Å². The molecule has 2 aromatic rings. The van der Waals surface area contributed by atoms with Crippen LogP contribution < -0.4 is 5.32 Å². The van der Waals surface area contributed by atoms with Crippen molar-refractivity contribution in [3.05, 3.63) is 57.0 Å². The molecule has 0 aliphatic carbocycles. The zero-order valence-electron chi connectivity index (χ0n) is 10.2. The van der Waals surface area contributed by atoms with E-state index in [-0.39, 0.29) is 0 Å². The van der Waals surface area contributed by atoms with E-state index in [0.717, 1.165) is 11.3 Å². The Bertz CT molecular complexity index is 570. The third-order valence-corrected chi connectivity index (χ3v) is 4.64. The fraction of sp³-hybridized carbons (Fsp3) is 0.143. The van der Waals surface area contributed by atoms with Gasteiger partial charge in [-0.25, -0.2) is 0 Å². The lowest BCUT2D eigenvalue weighted by molar-refractivity contribution is 1.15. The number of thioether (sulfide) groups is 1. The van der Waals surface area contributed by atoms with Crippen molar-refractivity contribution in [2.75, 3.05) is 11.6 Å². The Morgan fingerprint density at radius 1 is 0.947 bits per heavy atom. The summed E-state index contributed by atoms with van der Waals surface area (Å²) in [5.74, 6) is 0. The molecule has 0 spiro atoms. The van der Waals surface area contributed by atoms with E-state index >= 15 is 0 Å². The predicted molar refractivity (Wildman–Crippen MR) is 87.0 cm³/mol. The van der Waals surface area contributed by atoms with Gasteiger partial charge in [-0.3, -0.25) is 0 Å². The Balaban J connectivity index is 2.12. The van der Waals surface area contributed by atoms with E-state index in [2.05, 4.69) is 17.4 Å². The molecule has 2 aromatic carbocycles. The van der Waals surface area contributed by atoms with E-state index in [1.807, 2.05) is 18.4 Å². The van der Waals surface area contributed by atoms with Crippen molar-refractivity contribution in [1.29, 1.82) is 0 Å². The maximum absolute atomic E-state index is 6.15. The number of anilines is 1. The van der Waals surface area contributed by atoms with Gasteiger partial charge in [-0.2, -0.15) is 0 Å². The van der Waals surface area contributed by atoms with E-state index in [9.17, 15) is 0 Å². The van der Waals surface area contributed by atoms with Crippen LogP contribution in [-0.4, -0.2) is 6.26 Å². The van der Waals surface area contributed by atoms with Gasteiger partial charge in [0.05, 0.1) is 10.0 Å². The molecular formula is C14H12Cl3NS. The summed E-state index contributed by atoms with van der Waals surface area (Å²) < 4.78 is 0. The van der Waals surface area contributed by atoms with Gasteiger partial charge < -0.3 is 5.32 Å². The molecule has 0 bridgehead atoms. The molecule has 0 aromatic heterocycles. The number of nitrogens with one attached hydrogen (secondary N) is 1. The van der Waals surface area contributed by atoms with Crippen LogP contribution in [0.2, 0.25) is 15.1 Å². The van der Waals surface area contributed by atoms with E-state index < -0.39 is 0 Å². The predicted octanol–water partition coefficient (Wildman–Crippen LogP) is 5.98. The summed E-state index contributed by atoms with van der Waals surface area (Å²) in [4.78, 5) is 1.23. The third kappa shape index (κ3) is 3.73. The molecular weight excluding hydrogens is 321 g/mol. The first kappa shape index (κ1) is 14.9. The van der Waals surface area contributed by atoms with Crippen molar-refractivity contribution in [2.24, 2.45) is 0 Å². The fourth-order valence-electron chi connectivity index (χ4n) is 1.63. The van der Waals surface area contributed by atoms with Crippen molar-refractivity contribution in [2.45, 2.75) is 11.4 Å². The summed E-state index contributed by atoms with van der Waals surface area (Å²) in [5, 5.41) is 4.91. The van der Waals surface area contributed by atoms with Gasteiger partial charge in [0.1, 0.15) is 0 Å². The van der Waals surface area contributed by atoms with Crippen molar-refractivity contribution < 1.29 is 0 Å². The van der Waals surface area contributed by atoms with Gasteiger partial charge >= 0.3 is 0 Å². The number of hydrogen-bond acceptors (Lipinski definition) is 2. The molecule has 0 radical (unpaired) electrons. The van der Waals surface area contributed by atoms with Crippen molar-refractivity contribution in [3.8, 4) is 0 Å². The lowest BCUT2D eigenvalue weighted by Gasteiger charge is -2.11. The van der Waals surface area contributed by atoms with Gasteiger partial charge in [0, 0.05) is 27.7 Å². The highest BCUT2D eigenvalue weighted by Gasteiger charge is 2.09. The second-order valence-electron chi connectivity index (χ2n) is 3.90. The Labute approximate surface area is 132 Å². The van der Waals surface area contributed by atoms with Crippen LogP contribution in [0.25, 0.3) is 0 Å². The summed E-state index contributed by atoms with van der Waals surface area (Å²) in [6.07, 6.45) is 2.05. The van der Waals surface area contributed by atoms with Crippen LogP contribution in [-0.2, 0) is 6.54 Å². The zero-order chi connectivity index (χ0) is 13.8. The number of rotatable bonds is 4. The standard InChI is InChI=1S/C14H12Cl3NS/c1-19-10-4-2-9(3-5-10)18-8-11-12(15)6-7-13(16)14(11)17/h2-7,18H,8H2,1H3. The van der Waals surface area contributed by atoms with Gasteiger partial charge in [0.15, 0.2) is 0 Å². The molecule has 2 rings (SSSR count). The number of benzene rings is 2. The van der Waals surface area contributed by atoms with Gasteiger partial charge in [-0.1, -0.05) is 34.8 Å². The maximum Gasteiger partial charge on any atom is 0.0657 e. The molecule has 0 aliphatic heterocycles. The maximum atomic E-state index is 6.15. The summed E-state index contributed by atoms with van der Waals surface area (Å²) in [5.41, 5.74) is 1.83. The second kappa shape index (κ2) is 6.76. The van der Waals surface area contributed by atoms with E-state index in [4.69, 9.17) is 34.8 Å². The Kier molecular flexibility index (Phi) is 5.28. The molecule has 5 heteroatoms. The average molecular weight is 333 g/mol. The average Bonchev–Trinajstić information content (AvgIpc) is 2.44. The molecule has 19 heavy (non-hydrogen) atoms. The molecule has 0 atom stereocenters. The zero-order valence-corrected chi connectivity index (χ0v) is 13.3. The fourth-order valence-corrected chi connectivity index (χ4v) is 2.72. The third-order valence-electron chi connectivity index (χ3n) is 2.70. The van der Waals surface area contributed by atoms with Crippen LogP contribution in [0.4, 0.5) is 5.69 Å². The molecule has 0 amide bonds. The summed E-state index contributed by atoms with van der Waals surface area (Å²) in [6, 6.07) is 11.6. The molecule has 1 nitrogen and oxygen atoms in total. The smallest absolute Gasteiger partial charge is 0.0657 e. The van der Waals surface area contributed by atoms with Crippen LogP contribution in [0.5, 0.6) is 0 Å². The second-order valence-corrected chi connectivity index (χ2v) is 5.98. The molecule has 0 saturated heterocycles. The molecule has 0 heterocycles. The largest absolute Gasteiger partial charge is 0.381 e. The minimum absolute atomic E-state index is 0.502. The van der Waals surface area contributed by atoms with Crippen molar-refractivity contribution >= 4 is 52.3 Å². The minimum Gasteiger partial charge on any atom is -0.381 e. The SMILES string of the molecule is CSc1ccc(NCc2c(Cl)ccc(Cl)c2Cl)cc1. The van der Waals surface area contributed by atoms with E-state index in [1.54, 1.807) is 23.9 Å². The number of hydrogen-bond donors (Lipinski definition) is 1. The Morgan fingerprint density at radius 2 is 1.58 bits per heavy atom. The normalized spacial score (nSPS) is 10.5.